The van der Waals surface area contributed by atoms with Crippen LogP contribution in [0.2, 0.25) is 0 Å². The summed E-state index contributed by atoms with van der Waals surface area (Å²) in [4.78, 5) is 11.3. The SMILES string of the molecule is CCc1ccc(C#N)c(C(C)=O)c1C(F)F. The highest BCUT2D eigenvalue weighted by atomic mass is 19.3. The molecule has 0 aromatic heterocycles. The van der Waals surface area contributed by atoms with Crippen molar-refractivity contribution in [3.05, 3.63) is 34.4 Å². The molecule has 0 bridgehead atoms. The van der Waals surface area contributed by atoms with Gasteiger partial charge in [-0.15, -0.1) is 0 Å². The van der Waals surface area contributed by atoms with Crippen molar-refractivity contribution in [1.82, 2.24) is 0 Å². The Labute approximate surface area is 92.5 Å². The smallest absolute Gasteiger partial charge is 0.264 e. The third-order valence-electron chi connectivity index (χ3n) is 2.41. The normalized spacial score (nSPS) is 10.2. The van der Waals surface area contributed by atoms with Crippen LogP contribution in [-0.4, -0.2) is 5.78 Å². The van der Waals surface area contributed by atoms with Gasteiger partial charge in [0.05, 0.1) is 11.6 Å². The second kappa shape index (κ2) is 4.84. The first-order valence-corrected chi connectivity index (χ1v) is 4.87. The number of nitriles is 1. The number of Topliss-reactive ketones (excluding diaryl/α,β-unsaturated/α-hetero) is 1. The maximum absolute atomic E-state index is 12.9. The van der Waals surface area contributed by atoms with Crippen LogP contribution in [0.3, 0.4) is 0 Å². The molecule has 2 nitrogen and oxygen atoms in total. The van der Waals surface area contributed by atoms with Crippen LogP contribution in [0, 0.1) is 11.3 Å². The maximum Gasteiger partial charge on any atom is 0.264 e. The zero-order chi connectivity index (χ0) is 12.3. The molecule has 0 unspecified atom stereocenters. The number of carbonyl (C=O) groups excluding carboxylic acids is 1. The van der Waals surface area contributed by atoms with Crippen molar-refractivity contribution in [2.45, 2.75) is 26.7 Å². The van der Waals surface area contributed by atoms with Gasteiger partial charge in [-0.3, -0.25) is 4.79 Å². The summed E-state index contributed by atoms with van der Waals surface area (Å²) in [6, 6.07) is 4.67. The first kappa shape index (κ1) is 12.3. The molecule has 1 aromatic rings. The summed E-state index contributed by atoms with van der Waals surface area (Å²) in [6.45, 7) is 2.93. The second-order valence-electron chi connectivity index (χ2n) is 3.38. The Morgan fingerprint density at radius 3 is 2.50 bits per heavy atom. The molecule has 0 aliphatic carbocycles. The van der Waals surface area contributed by atoms with Crippen LogP contribution in [0.15, 0.2) is 12.1 Å². The van der Waals surface area contributed by atoms with Gasteiger partial charge in [-0.05, 0) is 25.0 Å². The first-order valence-electron chi connectivity index (χ1n) is 4.87. The van der Waals surface area contributed by atoms with E-state index < -0.39 is 12.2 Å². The van der Waals surface area contributed by atoms with Crippen molar-refractivity contribution in [2.24, 2.45) is 0 Å². The number of hydrogen-bond donors (Lipinski definition) is 0. The van der Waals surface area contributed by atoms with E-state index in [0.29, 0.717) is 12.0 Å². The molecule has 0 aliphatic heterocycles. The summed E-state index contributed by atoms with van der Waals surface area (Å²) in [7, 11) is 0. The monoisotopic (exact) mass is 223 g/mol. The number of ketones is 1. The van der Waals surface area contributed by atoms with Crippen LogP contribution in [0.4, 0.5) is 8.78 Å². The van der Waals surface area contributed by atoms with Crippen molar-refractivity contribution in [3.63, 3.8) is 0 Å². The Hall–Kier alpha value is -1.76. The van der Waals surface area contributed by atoms with E-state index >= 15 is 0 Å². The Bertz CT molecular complexity index is 461. The fourth-order valence-electron chi connectivity index (χ4n) is 1.69. The molecule has 0 spiro atoms. The average Bonchev–Trinajstić information content (AvgIpc) is 2.26. The molecule has 4 heteroatoms. The maximum atomic E-state index is 12.9. The van der Waals surface area contributed by atoms with Crippen LogP contribution in [-0.2, 0) is 6.42 Å². The van der Waals surface area contributed by atoms with Gasteiger partial charge >= 0.3 is 0 Å². The minimum absolute atomic E-state index is 0.0139. The fraction of sp³-hybridized carbons (Fsp3) is 0.333. The van der Waals surface area contributed by atoms with Crippen LogP contribution < -0.4 is 0 Å². The zero-order valence-electron chi connectivity index (χ0n) is 9.05. The molecule has 0 atom stereocenters. The summed E-state index contributed by atoms with van der Waals surface area (Å²) in [5.74, 6) is -0.498. The minimum Gasteiger partial charge on any atom is -0.294 e. The molecular weight excluding hydrogens is 212 g/mol. The number of hydrogen-bond acceptors (Lipinski definition) is 2. The lowest BCUT2D eigenvalue weighted by Gasteiger charge is -2.12. The van der Waals surface area contributed by atoms with Crippen LogP contribution in [0.1, 0.15) is 47.3 Å². The Kier molecular flexibility index (Phi) is 3.73. The summed E-state index contributed by atoms with van der Waals surface area (Å²) < 4.78 is 25.8. The van der Waals surface area contributed by atoms with Gasteiger partial charge in [-0.2, -0.15) is 5.26 Å². The van der Waals surface area contributed by atoms with E-state index in [1.165, 1.54) is 19.1 Å². The summed E-state index contributed by atoms with van der Waals surface area (Å²) in [6.07, 6.45) is -2.33. The first-order chi connectivity index (χ1) is 7.52. The molecular formula is C12H11F2NO. The minimum atomic E-state index is -2.73. The lowest BCUT2D eigenvalue weighted by Crippen LogP contribution is -2.07. The summed E-state index contributed by atoms with van der Waals surface area (Å²) in [5, 5.41) is 8.79. The van der Waals surface area contributed by atoms with Gasteiger partial charge in [0.15, 0.2) is 5.78 Å². The fourth-order valence-corrected chi connectivity index (χ4v) is 1.69. The zero-order valence-corrected chi connectivity index (χ0v) is 9.05. The number of aryl methyl sites for hydroxylation is 1. The Morgan fingerprint density at radius 2 is 2.12 bits per heavy atom. The van der Waals surface area contributed by atoms with E-state index in [0.717, 1.165) is 0 Å². The van der Waals surface area contributed by atoms with E-state index in [1.54, 1.807) is 13.0 Å². The predicted octanol–water partition coefficient (Wildman–Crippen LogP) is 3.26. The molecule has 1 aromatic carbocycles. The molecule has 0 fully saturated rings. The van der Waals surface area contributed by atoms with E-state index in [2.05, 4.69) is 0 Å². The van der Waals surface area contributed by atoms with Crippen molar-refractivity contribution in [1.29, 1.82) is 5.26 Å². The molecule has 0 saturated carbocycles. The molecule has 16 heavy (non-hydrogen) atoms. The highest BCUT2D eigenvalue weighted by molar-refractivity contribution is 5.98. The number of halogens is 2. The quantitative estimate of drug-likeness (QED) is 0.738. The van der Waals surface area contributed by atoms with E-state index in [-0.39, 0.29) is 16.7 Å². The van der Waals surface area contributed by atoms with E-state index in [9.17, 15) is 13.6 Å². The number of nitrogens with zero attached hydrogens (tertiary/aromatic N) is 1. The second-order valence-corrected chi connectivity index (χ2v) is 3.38. The average molecular weight is 223 g/mol. The van der Waals surface area contributed by atoms with Gasteiger partial charge in [0.2, 0.25) is 0 Å². The molecule has 0 radical (unpaired) electrons. The molecule has 0 amide bonds. The highest BCUT2D eigenvalue weighted by Crippen LogP contribution is 2.29. The van der Waals surface area contributed by atoms with Crippen molar-refractivity contribution in [3.8, 4) is 6.07 Å². The standard InChI is InChI=1S/C12H11F2NO/c1-3-8-4-5-9(6-15)10(7(2)16)11(8)12(13)14/h4-5,12H,3H2,1-2H3. The molecule has 1 rings (SSSR count). The van der Waals surface area contributed by atoms with Crippen molar-refractivity contribution < 1.29 is 13.6 Å². The molecule has 0 saturated heterocycles. The third kappa shape index (κ3) is 2.08. The summed E-state index contributed by atoms with van der Waals surface area (Å²) in [5.41, 5.74) is -0.00917. The highest BCUT2D eigenvalue weighted by Gasteiger charge is 2.22. The molecule has 0 aliphatic rings. The summed E-state index contributed by atoms with van der Waals surface area (Å²) >= 11 is 0. The van der Waals surface area contributed by atoms with Gasteiger partial charge in [0.1, 0.15) is 0 Å². The lowest BCUT2D eigenvalue weighted by molar-refractivity contribution is 0.0998. The Morgan fingerprint density at radius 1 is 1.50 bits per heavy atom. The van der Waals surface area contributed by atoms with E-state index in [4.69, 9.17) is 5.26 Å². The van der Waals surface area contributed by atoms with E-state index in [1.807, 2.05) is 0 Å². The predicted molar refractivity (Wildman–Crippen MR) is 55.5 cm³/mol. The molecule has 0 N–H and O–H groups in total. The molecule has 0 heterocycles. The largest absolute Gasteiger partial charge is 0.294 e. The van der Waals surface area contributed by atoms with Crippen LogP contribution in [0.25, 0.3) is 0 Å². The van der Waals surface area contributed by atoms with Gasteiger partial charge in [-0.1, -0.05) is 13.0 Å². The number of alkyl halides is 2. The van der Waals surface area contributed by atoms with Gasteiger partial charge in [-0.25, -0.2) is 8.78 Å². The lowest BCUT2D eigenvalue weighted by atomic mass is 9.93. The number of carbonyl (C=O) groups is 1. The van der Waals surface area contributed by atoms with Crippen LogP contribution in [0.5, 0.6) is 0 Å². The number of benzene rings is 1. The van der Waals surface area contributed by atoms with Gasteiger partial charge in [0.25, 0.3) is 6.43 Å². The van der Waals surface area contributed by atoms with Gasteiger partial charge < -0.3 is 0 Å². The topological polar surface area (TPSA) is 40.9 Å². The Balaban J connectivity index is 3.61. The van der Waals surface area contributed by atoms with Gasteiger partial charge in [0, 0.05) is 11.1 Å². The number of rotatable bonds is 3. The van der Waals surface area contributed by atoms with Crippen molar-refractivity contribution >= 4 is 5.78 Å². The van der Waals surface area contributed by atoms with Crippen LogP contribution >= 0.6 is 0 Å². The third-order valence-corrected chi connectivity index (χ3v) is 2.41. The van der Waals surface area contributed by atoms with Crippen molar-refractivity contribution in [2.75, 3.05) is 0 Å². The molecule has 84 valence electrons.